The lowest BCUT2D eigenvalue weighted by atomic mass is 10.00. The summed E-state index contributed by atoms with van der Waals surface area (Å²) in [6.45, 7) is 1.18. The van der Waals surface area contributed by atoms with Gasteiger partial charge in [-0.25, -0.2) is 9.18 Å². The van der Waals surface area contributed by atoms with Gasteiger partial charge in [0.1, 0.15) is 17.6 Å². The normalized spacial score (nSPS) is 12.9. The minimum Gasteiger partial charge on any atom is -0.496 e. The number of carbonyl (C=O) groups excluding carboxylic acids is 1. The van der Waals surface area contributed by atoms with Gasteiger partial charge in [-0.05, 0) is 25.1 Å². The van der Waals surface area contributed by atoms with Gasteiger partial charge in [0, 0.05) is 5.56 Å². The summed E-state index contributed by atoms with van der Waals surface area (Å²) in [6, 6.07) is 0.942. The molecule has 1 rings (SSSR count). The van der Waals surface area contributed by atoms with Crippen LogP contribution in [-0.2, 0) is 9.53 Å². The minimum atomic E-state index is -3.98. The molecule has 0 fully saturated rings. The number of alkyl halides is 2. The van der Waals surface area contributed by atoms with Crippen LogP contribution in [-0.4, -0.2) is 25.6 Å². The first-order valence-corrected chi connectivity index (χ1v) is 5.48. The number of benzene rings is 1. The third-order valence-corrected chi connectivity index (χ3v) is 2.46. The largest absolute Gasteiger partial charge is 0.496 e. The molecule has 106 valence electrons. The first-order chi connectivity index (χ1) is 8.84. The lowest BCUT2D eigenvalue weighted by Crippen LogP contribution is -2.42. The zero-order valence-electron chi connectivity index (χ0n) is 10.5. The molecular formula is C12H14F3NO3. The highest BCUT2D eigenvalue weighted by atomic mass is 19.3. The van der Waals surface area contributed by atoms with E-state index < -0.39 is 23.8 Å². The summed E-state index contributed by atoms with van der Waals surface area (Å²) in [5, 5.41) is 0. The second-order valence-corrected chi connectivity index (χ2v) is 3.71. The Morgan fingerprint density at radius 2 is 2.11 bits per heavy atom. The van der Waals surface area contributed by atoms with Crippen molar-refractivity contribution in [3.8, 4) is 5.75 Å². The summed E-state index contributed by atoms with van der Waals surface area (Å²) in [4.78, 5) is 11.2. The van der Waals surface area contributed by atoms with Crippen molar-refractivity contribution in [2.45, 2.75) is 18.9 Å². The first kappa shape index (κ1) is 15.3. The van der Waals surface area contributed by atoms with E-state index in [1.807, 2.05) is 0 Å². The monoisotopic (exact) mass is 277 g/mol. The van der Waals surface area contributed by atoms with E-state index >= 15 is 0 Å². The number of esters is 1. The molecule has 0 aliphatic rings. The fourth-order valence-electron chi connectivity index (χ4n) is 1.50. The van der Waals surface area contributed by atoms with E-state index in [-0.39, 0.29) is 17.9 Å². The number of methoxy groups -OCH3 is 1. The van der Waals surface area contributed by atoms with Gasteiger partial charge in [-0.2, -0.15) is 8.78 Å². The Balaban J connectivity index is 3.14. The Morgan fingerprint density at radius 1 is 1.47 bits per heavy atom. The highest BCUT2D eigenvalue weighted by Gasteiger charge is 2.48. The lowest BCUT2D eigenvalue weighted by molar-refractivity contribution is -0.174. The summed E-state index contributed by atoms with van der Waals surface area (Å²) in [5.74, 6) is -6.52. The number of hydrogen-bond donors (Lipinski definition) is 1. The molecule has 0 amide bonds. The van der Waals surface area contributed by atoms with Crippen molar-refractivity contribution in [3.63, 3.8) is 0 Å². The van der Waals surface area contributed by atoms with E-state index in [2.05, 4.69) is 4.74 Å². The number of nitrogens with two attached hydrogens (primary N) is 1. The highest BCUT2D eigenvalue weighted by molar-refractivity contribution is 5.79. The smallest absolute Gasteiger partial charge is 0.379 e. The second-order valence-electron chi connectivity index (χ2n) is 3.71. The number of carbonyl (C=O) groups is 1. The number of ether oxygens (including phenoxy) is 2. The standard InChI is InChI=1S/C12H14F3NO3/c1-3-19-11(17)12(14,15)10(16)8-6-7(13)4-5-9(8)18-2/h4-6,10H,3,16H2,1-2H3/t10-/m1/s1. The molecule has 0 radical (unpaired) electrons. The van der Waals surface area contributed by atoms with Gasteiger partial charge in [-0.1, -0.05) is 0 Å². The van der Waals surface area contributed by atoms with Crippen molar-refractivity contribution in [1.29, 1.82) is 0 Å². The summed E-state index contributed by atoms with van der Waals surface area (Å²) in [5.41, 5.74) is 5.05. The molecule has 0 saturated heterocycles. The summed E-state index contributed by atoms with van der Waals surface area (Å²) < 4.78 is 49.7. The van der Waals surface area contributed by atoms with Crippen LogP contribution in [0.3, 0.4) is 0 Å². The van der Waals surface area contributed by atoms with Crippen LogP contribution in [0.25, 0.3) is 0 Å². The van der Waals surface area contributed by atoms with E-state index in [4.69, 9.17) is 10.5 Å². The van der Waals surface area contributed by atoms with Crippen LogP contribution in [0.4, 0.5) is 13.2 Å². The molecule has 0 bridgehead atoms. The van der Waals surface area contributed by atoms with Gasteiger partial charge >= 0.3 is 11.9 Å². The SMILES string of the molecule is CCOC(=O)C(F)(F)[C@H](N)c1cc(F)ccc1OC. The van der Waals surface area contributed by atoms with Crippen molar-refractivity contribution in [1.82, 2.24) is 0 Å². The van der Waals surface area contributed by atoms with E-state index in [0.717, 1.165) is 18.2 Å². The molecule has 0 aliphatic heterocycles. The molecule has 1 aromatic carbocycles. The van der Waals surface area contributed by atoms with Crippen LogP contribution in [0.2, 0.25) is 0 Å². The molecule has 1 atom stereocenters. The average Bonchev–Trinajstić information content (AvgIpc) is 2.38. The average molecular weight is 277 g/mol. The quantitative estimate of drug-likeness (QED) is 0.836. The molecule has 0 saturated carbocycles. The van der Waals surface area contributed by atoms with Gasteiger partial charge in [0.25, 0.3) is 0 Å². The van der Waals surface area contributed by atoms with Gasteiger partial charge in [0.15, 0.2) is 0 Å². The minimum absolute atomic E-state index is 0.0297. The van der Waals surface area contributed by atoms with Crippen molar-refractivity contribution >= 4 is 5.97 Å². The van der Waals surface area contributed by atoms with Crippen molar-refractivity contribution < 1.29 is 27.4 Å². The summed E-state index contributed by atoms with van der Waals surface area (Å²) >= 11 is 0. The molecule has 0 spiro atoms. The predicted octanol–water partition coefficient (Wildman–Crippen LogP) is 2.03. The highest BCUT2D eigenvalue weighted by Crippen LogP contribution is 2.35. The third-order valence-electron chi connectivity index (χ3n) is 2.46. The number of rotatable bonds is 5. The van der Waals surface area contributed by atoms with Crippen LogP contribution >= 0.6 is 0 Å². The van der Waals surface area contributed by atoms with Crippen molar-refractivity contribution in [2.24, 2.45) is 5.73 Å². The zero-order chi connectivity index (χ0) is 14.6. The van der Waals surface area contributed by atoms with E-state index in [0.29, 0.717) is 0 Å². The van der Waals surface area contributed by atoms with Gasteiger partial charge < -0.3 is 15.2 Å². The van der Waals surface area contributed by atoms with Crippen LogP contribution in [0.15, 0.2) is 18.2 Å². The molecule has 2 N–H and O–H groups in total. The molecule has 19 heavy (non-hydrogen) atoms. The molecule has 0 aromatic heterocycles. The van der Waals surface area contributed by atoms with E-state index in [1.165, 1.54) is 14.0 Å². The van der Waals surface area contributed by atoms with Gasteiger partial charge in [0.2, 0.25) is 0 Å². The molecule has 4 nitrogen and oxygen atoms in total. The zero-order valence-corrected chi connectivity index (χ0v) is 10.5. The van der Waals surface area contributed by atoms with E-state index in [1.54, 1.807) is 0 Å². The second kappa shape index (κ2) is 5.92. The third kappa shape index (κ3) is 3.17. The van der Waals surface area contributed by atoms with Crippen molar-refractivity contribution in [2.75, 3.05) is 13.7 Å². The predicted molar refractivity (Wildman–Crippen MR) is 61.5 cm³/mol. The van der Waals surface area contributed by atoms with Crippen LogP contribution in [0.5, 0.6) is 5.75 Å². The Hall–Kier alpha value is -1.76. The van der Waals surface area contributed by atoms with Crippen LogP contribution in [0, 0.1) is 5.82 Å². The van der Waals surface area contributed by atoms with Gasteiger partial charge in [-0.3, -0.25) is 0 Å². The molecule has 1 aromatic rings. The Labute approximate surface area is 108 Å². The topological polar surface area (TPSA) is 61.5 Å². The fraction of sp³-hybridized carbons (Fsp3) is 0.417. The van der Waals surface area contributed by atoms with E-state index in [9.17, 15) is 18.0 Å². The molecule has 0 heterocycles. The van der Waals surface area contributed by atoms with Crippen LogP contribution in [0.1, 0.15) is 18.5 Å². The lowest BCUT2D eigenvalue weighted by Gasteiger charge is -2.23. The maximum absolute atomic E-state index is 13.8. The first-order valence-electron chi connectivity index (χ1n) is 5.48. The maximum atomic E-state index is 13.8. The van der Waals surface area contributed by atoms with Gasteiger partial charge in [-0.15, -0.1) is 0 Å². The summed E-state index contributed by atoms with van der Waals surface area (Å²) in [7, 11) is 1.23. The Morgan fingerprint density at radius 3 is 2.63 bits per heavy atom. The fourth-order valence-corrected chi connectivity index (χ4v) is 1.50. The van der Waals surface area contributed by atoms with Gasteiger partial charge in [0.05, 0.1) is 13.7 Å². The molecule has 0 unspecified atom stereocenters. The Bertz CT molecular complexity index is 466. The summed E-state index contributed by atoms with van der Waals surface area (Å²) in [6.07, 6.45) is 0. The Kier molecular flexibility index (Phi) is 4.77. The molecular weight excluding hydrogens is 263 g/mol. The number of hydrogen-bond acceptors (Lipinski definition) is 4. The molecule has 0 aliphatic carbocycles. The maximum Gasteiger partial charge on any atom is 0.379 e. The van der Waals surface area contributed by atoms with Crippen LogP contribution < -0.4 is 10.5 Å². The molecule has 7 heteroatoms. The van der Waals surface area contributed by atoms with Crippen molar-refractivity contribution in [3.05, 3.63) is 29.6 Å². The number of halogens is 3.